The molecule has 0 unspecified atom stereocenters. The van der Waals surface area contributed by atoms with E-state index in [1.807, 2.05) is 0 Å². The van der Waals surface area contributed by atoms with Crippen LogP contribution in [0.15, 0.2) is 48.6 Å². The first-order chi connectivity index (χ1) is 13.3. The van der Waals surface area contributed by atoms with E-state index in [1.165, 1.54) is 45.4 Å². The summed E-state index contributed by atoms with van der Waals surface area (Å²) < 4.78 is 10.0. The summed E-state index contributed by atoms with van der Waals surface area (Å²) in [5.74, 6) is -0.923. The molecule has 6 nitrogen and oxygen atoms in total. The SMILES string of the molecule is COc1cc(C=CC(=O)C(C)C(=O)C=Cc2ccc(O)c(OC)c2)ccc1O. The maximum absolute atomic E-state index is 12.3. The molecule has 146 valence electrons. The highest BCUT2D eigenvalue weighted by atomic mass is 16.5. The van der Waals surface area contributed by atoms with E-state index in [2.05, 4.69) is 0 Å². The number of aromatic hydroxyl groups is 2. The van der Waals surface area contributed by atoms with Crippen LogP contribution in [0.25, 0.3) is 12.2 Å². The topological polar surface area (TPSA) is 93.1 Å². The average Bonchev–Trinajstić information content (AvgIpc) is 2.71. The highest BCUT2D eigenvalue weighted by Gasteiger charge is 2.16. The van der Waals surface area contributed by atoms with Gasteiger partial charge in [0.15, 0.2) is 34.6 Å². The van der Waals surface area contributed by atoms with Gasteiger partial charge in [-0.25, -0.2) is 0 Å². The number of ketones is 2. The van der Waals surface area contributed by atoms with Crippen molar-refractivity contribution in [3.63, 3.8) is 0 Å². The van der Waals surface area contributed by atoms with E-state index in [0.29, 0.717) is 22.6 Å². The van der Waals surface area contributed by atoms with Crippen molar-refractivity contribution in [1.82, 2.24) is 0 Å². The number of ether oxygens (including phenoxy) is 2. The Balaban J connectivity index is 2.05. The van der Waals surface area contributed by atoms with E-state index in [9.17, 15) is 19.8 Å². The lowest BCUT2D eigenvalue weighted by Crippen LogP contribution is -2.17. The van der Waals surface area contributed by atoms with Crippen LogP contribution in [0.4, 0.5) is 0 Å². The molecule has 0 atom stereocenters. The largest absolute Gasteiger partial charge is 0.504 e. The third-order valence-electron chi connectivity index (χ3n) is 4.14. The fraction of sp³-hybridized carbons (Fsp3) is 0.182. The molecule has 0 saturated carbocycles. The molecule has 0 aliphatic heterocycles. The molecular weight excluding hydrogens is 360 g/mol. The molecule has 6 heteroatoms. The van der Waals surface area contributed by atoms with Gasteiger partial charge in [-0.15, -0.1) is 0 Å². The number of hydrogen-bond donors (Lipinski definition) is 2. The van der Waals surface area contributed by atoms with Crippen molar-refractivity contribution in [3.8, 4) is 23.0 Å². The third kappa shape index (κ3) is 5.23. The van der Waals surface area contributed by atoms with Crippen LogP contribution in [-0.4, -0.2) is 36.0 Å². The van der Waals surface area contributed by atoms with Crippen molar-refractivity contribution < 1.29 is 29.3 Å². The van der Waals surface area contributed by atoms with Gasteiger partial charge in [0.2, 0.25) is 0 Å². The van der Waals surface area contributed by atoms with E-state index < -0.39 is 5.92 Å². The first kappa shape index (κ1) is 20.8. The Morgan fingerprint density at radius 3 is 1.57 bits per heavy atom. The van der Waals surface area contributed by atoms with Crippen molar-refractivity contribution in [2.24, 2.45) is 5.92 Å². The molecule has 2 N–H and O–H groups in total. The lowest BCUT2D eigenvalue weighted by Gasteiger charge is -2.05. The van der Waals surface area contributed by atoms with Gasteiger partial charge < -0.3 is 19.7 Å². The fourth-order valence-electron chi connectivity index (χ4n) is 2.38. The predicted octanol–water partition coefficient (Wildman–Crippen LogP) is 3.62. The van der Waals surface area contributed by atoms with Crippen LogP contribution < -0.4 is 9.47 Å². The smallest absolute Gasteiger partial charge is 0.166 e. The van der Waals surface area contributed by atoms with E-state index in [0.717, 1.165) is 0 Å². The summed E-state index contributed by atoms with van der Waals surface area (Å²) in [6.07, 6.45) is 5.77. The van der Waals surface area contributed by atoms with Crippen LogP contribution in [0, 0.1) is 5.92 Å². The van der Waals surface area contributed by atoms with Gasteiger partial charge in [0.25, 0.3) is 0 Å². The molecule has 2 aromatic carbocycles. The molecule has 2 aromatic rings. The molecule has 0 saturated heterocycles. The maximum Gasteiger partial charge on any atom is 0.166 e. The number of hydrogen-bond acceptors (Lipinski definition) is 6. The first-order valence-electron chi connectivity index (χ1n) is 8.53. The second-order valence-corrected chi connectivity index (χ2v) is 6.06. The number of methoxy groups -OCH3 is 2. The zero-order valence-corrected chi connectivity index (χ0v) is 15.9. The molecule has 0 amide bonds. The second-order valence-electron chi connectivity index (χ2n) is 6.06. The Labute approximate surface area is 163 Å². The number of phenols is 2. The van der Waals surface area contributed by atoms with Gasteiger partial charge in [0.1, 0.15) is 0 Å². The number of carbonyl (C=O) groups is 2. The standard InChI is InChI=1S/C22H22O6/c1-14(17(23)8-4-15-6-10-19(25)21(12-15)27-2)18(24)9-5-16-7-11-20(26)22(13-16)28-3/h4-14,25-26H,1-3H3. The van der Waals surface area contributed by atoms with Crippen LogP contribution in [-0.2, 0) is 9.59 Å². The Morgan fingerprint density at radius 2 is 1.21 bits per heavy atom. The predicted molar refractivity (Wildman–Crippen MR) is 107 cm³/mol. The molecule has 28 heavy (non-hydrogen) atoms. The fourth-order valence-corrected chi connectivity index (χ4v) is 2.38. The van der Waals surface area contributed by atoms with Gasteiger partial charge in [0.05, 0.1) is 20.1 Å². The summed E-state index contributed by atoms with van der Waals surface area (Å²) >= 11 is 0. The van der Waals surface area contributed by atoms with Crippen molar-refractivity contribution in [2.75, 3.05) is 14.2 Å². The number of phenolic OH excluding ortho intramolecular Hbond substituents is 2. The highest BCUT2D eigenvalue weighted by Crippen LogP contribution is 2.27. The van der Waals surface area contributed by atoms with Gasteiger partial charge in [-0.1, -0.05) is 24.3 Å². The van der Waals surface area contributed by atoms with Gasteiger partial charge in [-0.3, -0.25) is 9.59 Å². The summed E-state index contributed by atoms with van der Waals surface area (Å²) in [6, 6.07) is 9.37. The summed E-state index contributed by atoms with van der Waals surface area (Å²) in [6.45, 7) is 1.54. The van der Waals surface area contributed by atoms with Crippen LogP contribution in [0.1, 0.15) is 18.1 Å². The minimum Gasteiger partial charge on any atom is -0.504 e. The molecule has 0 heterocycles. The molecule has 2 rings (SSSR count). The first-order valence-corrected chi connectivity index (χ1v) is 8.53. The van der Waals surface area contributed by atoms with Crippen LogP contribution in [0.3, 0.4) is 0 Å². The van der Waals surface area contributed by atoms with Crippen molar-refractivity contribution >= 4 is 23.7 Å². The van der Waals surface area contributed by atoms with E-state index in [4.69, 9.17) is 9.47 Å². The van der Waals surface area contributed by atoms with Crippen LogP contribution in [0.2, 0.25) is 0 Å². The molecular formula is C22H22O6. The quantitative estimate of drug-likeness (QED) is 0.535. The Morgan fingerprint density at radius 1 is 0.821 bits per heavy atom. The van der Waals surface area contributed by atoms with E-state index >= 15 is 0 Å². The number of allylic oxidation sites excluding steroid dienone is 2. The molecule has 0 aliphatic rings. The second kappa shape index (κ2) is 9.41. The molecule has 0 radical (unpaired) electrons. The van der Waals surface area contributed by atoms with Crippen molar-refractivity contribution in [3.05, 3.63) is 59.7 Å². The number of carbonyl (C=O) groups excluding carboxylic acids is 2. The molecule has 0 aromatic heterocycles. The summed E-state index contributed by atoms with van der Waals surface area (Å²) in [7, 11) is 2.87. The Kier molecular flexibility index (Phi) is 6.98. The minimum absolute atomic E-state index is 0.00511. The van der Waals surface area contributed by atoms with Gasteiger partial charge in [0, 0.05) is 0 Å². The lowest BCUT2D eigenvalue weighted by molar-refractivity contribution is -0.126. The Bertz CT molecular complexity index is 851. The zero-order valence-electron chi connectivity index (χ0n) is 15.9. The van der Waals surface area contributed by atoms with Gasteiger partial charge in [-0.05, 0) is 54.5 Å². The summed E-state index contributed by atoms with van der Waals surface area (Å²) in [4.78, 5) is 24.5. The van der Waals surface area contributed by atoms with Crippen molar-refractivity contribution in [2.45, 2.75) is 6.92 Å². The van der Waals surface area contributed by atoms with E-state index in [-0.39, 0.29) is 23.1 Å². The van der Waals surface area contributed by atoms with E-state index in [1.54, 1.807) is 36.4 Å². The summed E-state index contributed by atoms with van der Waals surface area (Å²) in [5, 5.41) is 19.2. The lowest BCUT2D eigenvalue weighted by atomic mass is 9.99. The van der Waals surface area contributed by atoms with Gasteiger partial charge in [-0.2, -0.15) is 0 Å². The third-order valence-corrected chi connectivity index (χ3v) is 4.14. The highest BCUT2D eigenvalue weighted by molar-refractivity contribution is 6.13. The molecule has 0 fully saturated rings. The monoisotopic (exact) mass is 382 g/mol. The van der Waals surface area contributed by atoms with Crippen LogP contribution in [0.5, 0.6) is 23.0 Å². The minimum atomic E-state index is -0.842. The van der Waals surface area contributed by atoms with Crippen LogP contribution >= 0.6 is 0 Å². The average molecular weight is 382 g/mol. The zero-order chi connectivity index (χ0) is 20.7. The number of benzene rings is 2. The molecule has 0 bridgehead atoms. The van der Waals surface area contributed by atoms with Crippen molar-refractivity contribution in [1.29, 1.82) is 0 Å². The maximum atomic E-state index is 12.3. The molecule has 0 spiro atoms. The number of rotatable bonds is 8. The normalized spacial score (nSPS) is 12.2. The van der Waals surface area contributed by atoms with Gasteiger partial charge >= 0.3 is 0 Å². The summed E-state index contributed by atoms with van der Waals surface area (Å²) in [5.41, 5.74) is 1.32. The molecule has 0 aliphatic carbocycles. The Hall–Kier alpha value is -3.54.